The Bertz CT molecular complexity index is 1020. The third kappa shape index (κ3) is 2.44. The smallest absolute Gasteiger partial charge is 0.269 e. The van der Waals surface area contributed by atoms with E-state index in [-0.39, 0.29) is 11.5 Å². The van der Waals surface area contributed by atoms with Gasteiger partial charge in [-0.2, -0.15) is 0 Å². The Hall–Kier alpha value is -3.53. The summed E-state index contributed by atoms with van der Waals surface area (Å²) in [6.45, 7) is 0. The van der Waals surface area contributed by atoms with Crippen LogP contribution < -0.4 is 0 Å². The summed E-state index contributed by atoms with van der Waals surface area (Å²) < 4.78 is 0. The Balaban J connectivity index is 1.96. The monoisotopic (exact) mass is 327 g/mol. The van der Waals surface area contributed by atoms with Gasteiger partial charge >= 0.3 is 0 Å². The van der Waals surface area contributed by atoms with Gasteiger partial charge in [-0.1, -0.05) is 54.6 Å². The van der Waals surface area contributed by atoms with Crippen molar-refractivity contribution in [1.82, 2.24) is 0 Å². The lowest BCUT2D eigenvalue weighted by Crippen LogP contribution is -1.98. The fraction of sp³-hybridized carbons (Fsp3) is 0. The van der Waals surface area contributed by atoms with Gasteiger partial charge in [0.15, 0.2) is 5.78 Å². The van der Waals surface area contributed by atoms with Crippen LogP contribution in [0, 0.1) is 10.1 Å². The van der Waals surface area contributed by atoms with Crippen LogP contribution >= 0.6 is 0 Å². The molecule has 0 unspecified atom stereocenters. The summed E-state index contributed by atoms with van der Waals surface area (Å²) in [6.07, 6.45) is 0. The average molecular weight is 327 g/mol. The Kier molecular flexibility index (Phi) is 3.51. The lowest BCUT2D eigenvalue weighted by atomic mass is 9.94. The maximum atomic E-state index is 13.0. The van der Waals surface area contributed by atoms with Crippen molar-refractivity contribution in [2.24, 2.45) is 0 Å². The van der Waals surface area contributed by atoms with Crippen LogP contribution in [-0.4, -0.2) is 10.7 Å². The van der Waals surface area contributed by atoms with Gasteiger partial charge in [-0.15, -0.1) is 0 Å². The Morgan fingerprint density at radius 2 is 1.20 bits per heavy atom. The molecule has 0 amide bonds. The molecule has 0 saturated carbocycles. The summed E-state index contributed by atoms with van der Waals surface area (Å²) >= 11 is 0. The van der Waals surface area contributed by atoms with E-state index in [1.807, 2.05) is 54.6 Å². The van der Waals surface area contributed by atoms with E-state index in [1.165, 1.54) is 12.1 Å². The third-order valence-electron chi connectivity index (χ3n) is 4.35. The Morgan fingerprint density at radius 3 is 1.84 bits per heavy atom. The molecule has 3 aromatic carbocycles. The van der Waals surface area contributed by atoms with Crippen molar-refractivity contribution in [1.29, 1.82) is 0 Å². The fourth-order valence-electron chi connectivity index (χ4n) is 3.21. The molecule has 0 radical (unpaired) electrons. The van der Waals surface area contributed by atoms with Gasteiger partial charge in [0.05, 0.1) is 4.92 Å². The topological polar surface area (TPSA) is 60.2 Å². The first-order valence-corrected chi connectivity index (χ1v) is 7.85. The molecule has 4 nitrogen and oxygen atoms in total. The van der Waals surface area contributed by atoms with Crippen molar-refractivity contribution in [3.63, 3.8) is 0 Å². The van der Waals surface area contributed by atoms with Crippen LogP contribution in [0.5, 0.6) is 0 Å². The second-order valence-corrected chi connectivity index (χ2v) is 5.79. The summed E-state index contributed by atoms with van der Waals surface area (Å²) in [5, 5.41) is 10.9. The summed E-state index contributed by atoms with van der Waals surface area (Å²) in [4.78, 5) is 23.5. The summed E-state index contributed by atoms with van der Waals surface area (Å²) in [6, 6.07) is 23.4. The zero-order valence-corrected chi connectivity index (χ0v) is 13.2. The highest BCUT2D eigenvalue weighted by atomic mass is 16.6. The number of non-ortho nitro benzene ring substituents is 1. The van der Waals surface area contributed by atoms with Crippen LogP contribution in [0.2, 0.25) is 0 Å². The van der Waals surface area contributed by atoms with Gasteiger partial charge in [-0.3, -0.25) is 14.9 Å². The molecule has 0 aromatic heterocycles. The van der Waals surface area contributed by atoms with E-state index in [9.17, 15) is 14.9 Å². The molecule has 0 bridgehead atoms. The van der Waals surface area contributed by atoms with Gasteiger partial charge in [0.1, 0.15) is 0 Å². The highest BCUT2D eigenvalue weighted by molar-refractivity contribution is 6.41. The lowest BCUT2D eigenvalue weighted by Gasteiger charge is -2.08. The third-order valence-corrected chi connectivity index (χ3v) is 4.35. The van der Waals surface area contributed by atoms with E-state index in [0.717, 1.165) is 16.7 Å². The van der Waals surface area contributed by atoms with Gasteiger partial charge in [0.2, 0.25) is 0 Å². The molecule has 0 N–H and O–H groups in total. The van der Waals surface area contributed by atoms with E-state index < -0.39 is 4.92 Å². The summed E-state index contributed by atoms with van der Waals surface area (Å²) in [5.41, 5.74) is 4.66. The molecular weight excluding hydrogens is 314 g/mol. The minimum absolute atomic E-state index is 0.00794. The van der Waals surface area contributed by atoms with Gasteiger partial charge in [-0.05, 0) is 28.8 Å². The maximum Gasteiger partial charge on any atom is 0.269 e. The predicted octanol–water partition coefficient (Wildman–Crippen LogP) is 4.75. The van der Waals surface area contributed by atoms with Crippen LogP contribution in [0.4, 0.5) is 5.69 Å². The number of rotatable bonds is 3. The normalized spacial score (nSPS) is 13.0. The van der Waals surface area contributed by atoms with Gasteiger partial charge in [0, 0.05) is 28.8 Å². The number of fused-ring (bicyclic) bond motifs is 1. The molecule has 4 rings (SSSR count). The number of carbonyl (C=O) groups excluding carboxylic acids is 1. The number of nitro groups is 1. The summed E-state index contributed by atoms with van der Waals surface area (Å²) in [5.74, 6) is -0.0525. The molecule has 1 aliphatic carbocycles. The van der Waals surface area contributed by atoms with Crippen molar-refractivity contribution in [2.75, 3.05) is 0 Å². The molecule has 0 atom stereocenters. The van der Waals surface area contributed by atoms with Gasteiger partial charge in [0.25, 0.3) is 5.69 Å². The van der Waals surface area contributed by atoms with E-state index in [0.29, 0.717) is 16.7 Å². The van der Waals surface area contributed by atoms with E-state index in [4.69, 9.17) is 0 Å². The van der Waals surface area contributed by atoms with Crippen LogP contribution in [0.15, 0.2) is 78.9 Å². The van der Waals surface area contributed by atoms with Crippen LogP contribution in [0.25, 0.3) is 11.1 Å². The molecule has 0 fully saturated rings. The fourth-order valence-corrected chi connectivity index (χ4v) is 3.21. The number of Topliss-reactive ketones (excluding diaryl/α,β-unsaturated/α-hetero) is 1. The zero-order valence-electron chi connectivity index (χ0n) is 13.2. The number of nitro benzene ring substituents is 1. The first-order chi connectivity index (χ1) is 12.2. The van der Waals surface area contributed by atoms with Crippen molar-refractivity contribution >= 4 is 22.6 Å². The highest BCUT2D eigenvalue weighted by Gasteiger charge is 2.31. The van der Waals surface area contributed by atoms with Crippen LogP contribution in [-0.2, 0) is 0 Å². The first-order valence-electron chi connectivity index (χ1n) is 7.85. The van der Waals surface area contributed by atoms with Gasteiger partial charge in [-0.25, -0.2) is 0 Å². The van der Waals surface area contributed by atoms with Crippen LogP contribution in [0.3, 0.4) is 0 Å². The van der Waals surface area contributed by atoms with E-state index in [2.05, 4.69) is 0 Å². The highest BCUT2D eigenvalue weighted by Crippen LogP contribution is 2.42. The SMILES string of the molecule is O=C1C(c2ccc([N+](=O)[O-])cc2)=C(c2ccccc2)c2ccccc21. The number of ketones is 1. The minimum Gasteiger partial charge on any atom is -0.289 e. The molecule has 0 spiro atoms. The quantitative estimate of drug-likeness (QED) is 0.515. The number of benzene rings is 3. The molecule has 25 heavy (non-hydrogen) atoms. The lowest BCUT2D eigenvalue weighted by molar-refractivity contribution is -0.384. The summed E-state index contributed by atoms with van der Waals surface area (Å²) in [7, 11) is 0. The molecular formula is C21H13NO3. The van der Waals surface area contributed by atoms with Crippen LogP contribution in [0.1, 0.15) is 27.0 Å². The zero-order chi connectivity index (χ0) is 17.4. The van der Waals surface area contributed by atoms with E-state index in [1.54, 1.807) is 12.1 Å². The number of allylic oxidation sites excluding steroid dienone is 1. The second kappa shape index (κ2) is 5.83. The number of nitrogens with zero attached hydrogens (tertiary/aromatic N) is 1. The molecule has 0 saturated heterocycles. The maximum absolute atomic E-state index is 13.0. The second-order valence-electron chi connectivity index (χ2n) is 5.79. The average Bonchev–Trinajstić information content (AvgIpc) is 2.95. The molecule has 3 aromatic rings. The van der Waals surface area contributed by atoms with E-state index >= 15 is 0 Å². The molecule has 0 aliphatic heterocycles. The van der Waals surface area contributed by atoms with Crippen molar-refractivity contribution in [3.05, 3.63) is 111 Å². The minimum atomic E-state index is -0.443. The number of hydrogen-bond donors (Lipinski definition) is 0. The predicted molar refractivity (Wildman–Crippen MR) is 96.2 cm³/mol. The molecule has 0 heterocycles. The standard InChI is InChI=1S/C21H13NO3/c23-21-18-9-5-4-8-17(18)19(14-6-2-1-3-7-14)20(21)15-10-12-16(13-11-15)22(24)25/h1-13H. The largest absolute Gasteiger partial charge is 0.289 e. The number of hydrogen-bond acceptors (Lipinski definition) is 3. The van der Waals surface area contributed by atoms with Crippen molar-refractivity contribution < 1.29 is 9.72 Å². The van der Waals surface area contributed by atoms with Crippen molar-refractivity contribution in [3.8, 4) is 0 Å². The first kappa shape index (κ1) is 15.0. The molecule has 120 valence electrons. The number of carbonyl (C=O) groups is 1. The molecule has 4 heteroatoms. The van der Waals surface area contributed by atoms with Crippen molar-refractivity contribution in [2.45, 2.75) is 0 Å². The Labute approximate surface area is 144 Å². The molecule has 1 aliphatic rings. The Morgan fingerprint density at radius 1 is 0.640 bits per heavy atom. The van der Waals surface area contributed by atoms with Gasteiger partial charge < -0.3 is 0 Å².